The van der Waals surface area contributed by atoms with E-state index in [0.717, 1.165) is 31.4 Å². The summed E-state index contributed by atoms with van der Waals surface area (Å²) in [6, 6.07) is 20.9. The molecule has 0 aliphatic carbocycles. The highest BCUT2D eigenvalue weighted by Gasteiger charge is 2.14. The lowest BCUT2D eigenvalue weighted by atomic mass is 10.1. The number of anilines is 2. The molecule has 0 unspecified atom stereocenters. The van der Waals surface area contributed by atoms with Gasteiger partial charge < -0.3 is 10.4 Å². The van der Waals surface area contributed by atoms with Crippen LogP contribution in [-0.4, -0.2) is 16.1 Å². The van der Waals surface area contributed by atoms with Gasteiger partial charge in [-0.3, -0.25) is 4.98 Å². The van der Waals surface area contributed by atoms with E-state index in [9.17, 15) is 9.90 Å². The van der Waals surface area contributed by atoms with Crippen molar-refractivity contribution >= 4 is 73.9 Å². The van der Waals surface area contributed by atoms with Crippen molar-refractivity contribution in [1.29, 1.82) is 0 Å². The molecule has 2 heterocycles. The van der Waals surface area contributed by atoms with Crippen molar-refractivity contribution in [2.75, 3.05) is 5.32 Å². The van der Waals surface area contributed by atoms with Crippen molar-refractivity contribution in [3.8, 4) is 10.4 Å². The van der Waals surface area contributed by atoms with Crippen molar-refractivity contribution in [2.24, 2.45) is 0 Å². The lowest BCUT2D eigenvalue weighted by Gasteiger charge is -2.14. The van der Waals surface area contributed by atoms with E-state index in [1.807, 2.05) is 30.3 Å². The zero-order valence-electron chi connectivity index (χ0n) is 16.0. The molecule has 31 heavy (non-hydrogen) atoms. The first kappa shape index (κ1) is 19.9. The van der Waals surface area contributed by atoms with E-state index < -0.39 is 5.97 Å². The van der Waals surface area contributed by atoms with Crippen LogP contribution in [0.15, 0.2) is 77.8 Å². The molecule has 3 aromatic carbocycles. The Balaban J connectivity index is 1.65. The topological polar surface area (TPSA) is 62.2 Å². The molecule has 0 fully saturated rings. The standard InChI is InChI=1S/C24H15ClN2O2S2/c25-15-6-8-21-14(9-15)11-22(31-21)13-5-7-18-17(10-13)23(20(30)12-26-18)27-19-4-2-1-3-16(19)24(28)29/h1-12,30H,(H,26,27)(H,28,29). The zero-order valence-corrected chi connectivity index (χ0v) is 18.4. The van der Waals surface area contributed by atoms with Crippen LogP contribution in [0.5, 0.6) is 0 Å². The minimum atomic E-state index is -0.994. The second kappa shape index (κ2) is 7.89. The molecule has 0 radical (unpaired) electrons. The van der Waals surface area contributed by atoms with Crippen molar-refractivity contribution in [3.05, 3.63) is 83.5 Å². The first-order valence-electron chi connectivity index (χ1n) is 9.40. The normalized spacial score (nSPS) is 11.2. The van der Waals surface area contributed by atoms with Crippen molar-refractivity contribution in [3.63, 3.8) is 0 Å². The van der Waals surface area contributed by atoms with E-state index in [0.29, 0.717) is 21.3 Å². The number of nitrogens with zero attached hydrogens (tertiary/aromatic N) is 1. The third-order valence-corrected chi connectivity index (χ3v) is 6.77. The molecule has 5 rings (SSSR count). The lowest BCUT2D eigenvalue weighted by molar-refractivity contribution is 0.0698. The molecule has 0 amide bonds. The molecule has 152 valence electrons. The van der Waals surface area contributed by atoms with Gasteiger partial charge >= 0.3 is 5.97 Å². The van der Waals surface area contributed by atoms with Crippen LogP contribution in [0.25, 0.3) is 31.4 Å². The Morgan fingerprint density at radius 3 is 2.74 bits per heavy atom. The Kier molecular flexibility index (Phi) is 5.06. The number of thiophene rings is 1. The molecular formula is C24H15ClN2O2S2. The van der Waals surface area contributed by atoms with Gasteiger partial charge in [0, 0.05) is 31.1 Å². The number of rotatable bonds is 4. The number of nitrogens with one attached hydrogen (secondary N) is 1. The van der Waals surface area contributed by atoms with Gasteiger partial charge in [-0.2, -0.15) is 0 Å². The number of para-hydroxylation sites is 1. The zero-order chi connectivity index (χ0) is 21.5. The average molecular weight is 463 g/mol. The van der Waals surface area contributed by atoms with Crippen LogP contribution in [0, 0.1) is 0 Å². The molecule has 0 aliphatic heterocycles. The van der Waals surface area contributed by atoms with Crippen LogP contribution < -0.4 is 5.32 Å². The number of pyridine rings is 1. The Hall–Kier alpha value is -3.06. The van der Waals surface area contributed by atoms with E-state index in [-0.39, 0.29) is 5.56 Å². The van der Waals surface area contributed by atoms with Gasteiger partial charge in [0.25, 0.3) is 0 Å². The maximum atomic E-state index is 11.6. The molecule has 0 saturated carbocycles. The summed E-state index contributed by atoms with van der Waals surface area (Å²) in [5, 5.41) is 15.5. The maximum absolute atomic E-state index is 11.6. The van der Waals surface area contributed by atoms with Crippen LogP contribution in [0.1, 0.15) is 10.4 Å². The van der Waals surface area contributed by atoms with E-state index in [2.05, 4.69) is 35.1 Å². The number of thiol groups is 1. The molecule has 7 heteroatoms. The summed E-state index contributed by atoms with van der Waals surface area (Å²) in [4.78, 5) is 17.9. The summed E-state index contributed by atoms with van der Waals surface area (Å²) in [5.41, 5.74) is 3.24. The van der Waals surface area contributed by atoms with E-state index >= 15 is 0 Å². The van der Waals surface area contributed by atoms with Crippen LogP contribution in [-0.2, 0) is 0 Å². The highest BCUT2D eigenvalue weighted by atomic mass is 35.5. The Morgan fingerprint density at radius 1 is 1.06 bits per heavy atom. The quantitative estimate of drug-likeness (QED) is 0.242. The summed E-state index contributed by atoms with van der Waals surface area (Å²) in [7, 11) is 0. The first-order valence-corrected chi connectivity index (χ1v) is 11.0. The van der Waals surface area contributed by atoms with Gasteiger partial charge in [-0.1, -0.05) is 29.8 Å². The third-order valence-electron chi connectivity index (χ3n) is 5.03. The summed E-state index contributed by atoms with van der Waals surface area (Å²) in [6.07, 6.45) is 1.66. The van der Waals surface area contributed by atoms with Gasteiger partial charge in [0.15, 0.2) is 0 Å². The van der Waals surface area contributed by atoms with Gasteiger partial charge in [-0.25, -0.2) is 4.79 Å². The second-order valence-electron chi connectivity index (χ2n) is 7.02. The van der Waals surface area contributed by atoms with Crippen LogP contribution >= 0.6 is 35.6 Å². The lowest BCUT2D eigenvalue weighted by Crippen LogP contribution is -2.03. The summed E-state index contributed by atoms with van der Waals surface area (Å²) in [6.45, 7) is 0. The van der Waals surface area contributed by atoms with Crippen LogP contribution in [0.3, 0.4) is 0 Å². The van der Waals surface area contributed by atoms with Gasteiger partial charge in [-0.15, -0.1) is 24.0 Å². The second-order valence-corrected chi connectivity index (χ2v) is 9.02. The van der Waals surface area contributed by atoms with Gasteiger partial charge in [0.2, 0.25) is 0 Å². The number of carbonyl (C=O) groups is 1. The number of hydrogen-bond acceptors (Lipinski definition) is 5. The molecule has 0 atom stereocenters. The maximum Gasteiger partial charge on any atom is 0.337 e. The molecule has 2 aromatic heterocycles. The first-order chi connectivity index (χ1) is 15.0. The highest BCUT2D eigenvalue weighted by Crippen LogP contribution is 2.38. The van der Waals surface area contributed by atoms with Gasteiger partial charge in [-0.05, 0) is 59.5 Å². The van der Waals surface area contributed by atoms with E-state index in [1.165, 1.54) is 0 Å². The minimum Gasteiger partial charge on any atom is -0.478 e. The number of carboxylic acids is 1. The van der Waals surface area contributed by atoms with E-state index in [4.69, 9.17) is 11.6 Å². The number of carboxylic acid groups (broad SMARTS) is 1. The number of fused-ring (bicyclic) bond motifs is 2. The molecule has 0 aliphatic rings. The van der Waals surface area contributed by atoms with Crippen LogP contribution in [0.2, 0.25) is 5.02 Å². The fourth-order valence-corrected chi connectivity index (χ4v) is 4.99. The predicted molar refractivity (Wildman–Crippen MR) is 132 cm³/mol. The van der Waals surface area contributed by atoms with Crippen molar-refractivity contribution in [2.45, 2.75) is 4.90 Å². The Bertz CT molecular complexity index is 1480. The molecule has 4 nitrogen and oxygen atoms in total. The predicted octanol–water partition coefficient (Wildman–Crippen LogP) is 7.50. The smallest absolute Gasteiger partial charge is 0.337 e. The largest absolute Gasteiger partial charge is 0.478 e. The number of benzene rings is 3. The van der Waals surface area contributed by atoms with Crippen molar-refractivity contribution < 1.29 is 9.90 Å². The summed E-state index contributed by atoms with van der Waals surface area (Å²) in [5.74, 6) is -0.994. The average Bonchev–Trinajstić information content (AvgIpc) is 3.19. The van der Waals surface area contributed by atoms with Crippen LogP contribution in [0.4, 0.5) is 11.4 Å². The molecule has 2 N–H and O–H groups in total. The Labute approximate surface area is 192 Å². The highest BCUT2D eigenvalue weighted by molar-refractivity contribution is 7.80. The third kappa shape index (κ3) is 3.74. The fourth-order valence-electron chi connectivity index (χ4n) is 3.54. The van der Waals surface area contributed by atoms with Crippen molar-refractivity contribution in [1.82, 2.24) is 4.98 Å². The number of aromatic nitrogens is 1. The molecule has 0 bridgehead atoms. The molecular weight excluding hydrogens is 448 g/mol. The molecule has 0 saturated heterocycles. The van der Waals surface area contributed by atoms with E-state index in [1.54, 1.807) is 41.8 Å². The summed E-state index contributed by atoms with van der Waals surface area (Å²) < 4.78 is 1.16. The number of hydrogen-bond donors (Lipinski definition) is 3. The Morgan fingerprint density at radius 2 is 1.90 bits per heavy atom. The van der Waals surface area contributed by atoms with Gasteiger partial charge in [0.1, 0.15) is 0 Å². The summed E-state index contributed by atoms with van der Waals surface area (Å²) >= 11 is 12.4. The minimum absolute atomic E-state index is 0.192. The molecule has 0 spiro atoms. The fraction of sp³-hybridized carbons (Fsp3) is 0. The monoisotopic (exact) mass is 462 g/mol. The number of halogens is 1. The SMILES string of the molecule is O=C(O)c1ccccc1Nc1c(S)cnc2ccc(-c3cc4cc(Cl)ccc4s3)cc12. The molecule has 5 aromatic rings. The van der Waals surface area contributed by atoms with Gasteiger partial charge in [0.05, 0.1) is 22.5 Å². The number of aromatic carboxylic acids is 1.